The van der Waals surface area contributed by atoms with E-state index in [2.05, 4.69) is 14.8 Å². The highest BCUT2D eigenvalue weighted by molar-refractivity contribution is 6.41. The van der Waals surface area contributed by atoms with Crippen LogP contribution in [0.25, 0.3) is 21.6 Å². The third-order valence-corrected chi connectivity index (χ3v) is 7.42. The zero-order chi connectivity index (χ0) is 29.5. The lowest BCUT2D eigenvalue weighted by molar-refractivity contribution is 0.0241. The van der Waals surface area contributed by atoms with Gasteiger partial charge in [-0.3, -0.25) is 14.3 Å². The van der Waals surface area contributed by atoms with Crippen molar-refractivity contribution in [2.75, 3.05) is 31.1 Å². The van der Waals surface area contributed by atoms with Crippen molar-refractivity contribution in [1.29, 1.82) is 0 Å². The van der Waals surface area contributed by atoms with E-state index in [1.54, 1.807) is 17.2 Å². The Balaban J connectivity index is 1.95. The summed E-state index contributed by atoms with van der Waals surface area (Å²) >= 11 is 12.9. The molecule has 1 aliphatic heterocycles. The molecule has 0 radical (unpaired) electrons. The zero-order valence-electron chi connectivity index (χ0n) is 23.9. The second-order valence-electron chi connectivity index (χ2n) is 11.5. The van der Waals surface area contributed by atoms with Gasteiger partial charge in [0.1, 0.15) is 16.4 Å². The number of anilines is 1. The van der Waals surface area contributed by atoms with E-state index < -0.39 is 17.3 Å². The fourth-order valence-electron chi connectivity index (χ4n) is 4.92. The Morgan fingerprint density at radius 2 is 1.73 bits per heavy atom. The third kappa shape index (κ3) is 5.61. The van der Waals surface area contributed by atoms with E-state index in [-0.39, 0.29) is 27.7 Å². The van der Waals surface area contributed by atoms with Gasteiger partial charge in [-0.25, -0.2) is 14.6 Å². The van der Waals surface area contributed by atoms with E-state index in [1.807, 2.05) is 59.4 Å². The summed E-state index contributed by atoms with van der Waals surface area (Å²) in [5.74, 6) is 0.0626. The van der Waals surface area contributed by atoms with Crippen molar-refractivity contribution in [3.63, 3.8) is 0 Å². The number of fused-ring (bicyclic) bond motifs is 1. The second kappa shape index (κ2) is 11.3. The Bertz CT molecular complexity index is 1540. The monoisotopic (exact) mass is 584 g/mol. The topological polar surface area (TPSA) is 84.9 Å². The number of hydrogen-bond acceptors (Lipinski definition) is 6. The Labute approximate surface area is 244 Å². The van der Waals surface area contributed by atoms with Crippen molar-refractivity contribution >= 4 is 51.7 Å². The first kappa shape index (κ1) is 29.6. The average Bonchev–Trinajstić information content (AvgIpc) is 2.88. The van der Waals surface area contributed by atoms with Crippen LogP contribution in [-0.2, 0) is 4.74 Å². The molecule has 1 aliphatic rings. The minimum atomic E-state index is -0.607. The summed E-state index contributed by atoms with van der Waals surface area (Å²) < 4.78 is 7.00. The van der Waals surface area contributed by atoms with Crippen LogP contribution in [0.2, 0.25) is 10.2 Å². The number of aromatic nitrogens is 3. The van der Waals surface area contributed by atoms with E-state index in [0.29, 0.717) is 48.6 Å². The van der Waals surface area contributed by atoms with Gasteiger partial charge in [-0.2, -0.15) is 0 Å². The number of pyridine rings is 3. The van der Waals surface area contributed by atoms with Crippen LogP contribution in [0.3, 0.4) is 0 Å². The molecule has 0 spiro atoms. The molecule has 4 rings (SSSR count). The van der Waals surface area contributed by atoms with Gasteiger partial charge in [-0.05, 0) is 50.3 Å². The molecule has 3 aromatic rings. The van der Waals surface area contributed by atoms with Crippen molar-refractivity contribution in [3.05, 3.63) is 61.5 Å². The molecule has 0 aliphatic carbocycles. The number of rotatable bonds is 4. The Morgan fingerprint density at radius 1 is 1.07 bits per heavy atom. The van der Waals surface area contributed by atoms with E-state index in [4.69, 9.17) is 34.5 Å². The fraction of sp³-hybridized carbons (Fsp3) is 0.483. The summed E-state index contributed by atoms with van der Waals surface area (Å²) in [6.45, 7) is 23.1. The van der Waals surface area contributed by atoms with Gasteiger partial charge >= 0.3 is 6.09 Å². The van der Waals surface area contributed by atoms with Gasteiger partial charge in [0, 0.05) is 37.8 Å². The maximum Gasteiger partial charge on any atom is 0.410 e. The molecular formula is C29H34Cl2N6O3. The van der Waals surface area contributed by atoms with Crippen LogP contribution in [0, 0.1) is 6.57 Å². The molecule has 0 saturated carbocycles. The van der Waals surface area contributed by atoms with Crippen LogP contribution < -0.4 is 10.5 Å². The number of nitrogens with zero attached hydrogens (tertiary/aromatic N) is 6. The zero-order valence-corrected chi connectivity index (χ0v) is 25.4. The Hall–Kier alpha value is -3.35. The maximum atomic E-state index is 14.2. The first-order valence-electron chi connectivity index (χ1n) is 13.3. The van der Waals surface area contributed by atoms with Gasteiger partial charge in [-0.15, -0.1) is 0 Å². The molecule has 1 saturated heterocycles. The molecule has 4 heterocycles. The van der Waals surface area contributed by atoms with Gasteiger partial charge < -0.3 is 14.5 Å². The summed E-state index contributed by atoms with van der Waals surface area (Å²) in [6.07, 6.45) is 1.35. The lowest BCUT2D eigenvalue weighted by Gasteiger charge is -2.37. The van der Waals surface area contributed by atoms with E-state index in [9.17, 15) is 9.59 Å². The highest BCUT2D eigenvalue weighted by atomic mass is 35.5. The minimum absolute atomic E-state index is 0.00424. The van der Waals surface area contributed by atoms with E-state index in [1.165, 1.54) is 4.57 Å². The van der Waals surface area contributed by atoms with E-state index in [0.717, 1.165) is 11.3 Å². The number of carbonyl (C=O) groups excluding carboxylic acids is 1. The first-order chi connectivity index (χ1) is 18.7. The lowest BCUT2D eigenvalue weighted by Crippen LogP contribution is -2.50. The maximum absolute atomic E-state index is 14.2. The highest BCUT2D eigenvalue weighted by Crippen LogP contribution is 2.39. The summed E-state index contributed by atoms with van der Waals surface area (Å²) in [4.78, 5) is 43.4. The molecule has 9 nitrogen and oxygen atoms in total. The molecular weight excluding hydrogens is 551 g/mol. The number of ether oxygens (including phenoxy) is 1. The van der Waals surface area contributed by atoms with Crippen molar-refractivity contribution in [3.8, 4) is 5.69 Å². The molecule has 1 amide bonds. The summed E-state index contributed by atoms with van der Waals surface area (Å²) in [5, 5.41) is 0.793. The van der Waals surface area contributed by atoms with Crippen LogP contribution in [0.15, 0.2) is 23.1 Å². The Kier molecular flexibility index (Phi) is 8.34. The van der Waals surface area contributed by atoms with Crippen LogP contribution in [0.4, 0.5) is 16.2 Å². The number of amides is 1. The van der Waals surface area contributed by atoms with Gasteiger partial charge in [-0.1, -0.05) is 50.9 Å². The number of halogens is 2. The largest absolute Gasteiger partial charge is 0.444 e. The summed E-state index contributed by atoms with van der Waals surface area (Å²) in [7, 11) is 0. The first-order valence-corrected chi connectivity index (χ1v) is 14.0. The molecule has 0 N–H and O–H groups in total. The molecule has 0 atom stereocenters. The van der Waals surface area contributed by atoms with Crippen molar-refractivity contribution < 1.29 is 9.53 Å². The van der Waals surface area contributed by atoms with Crippen molar-refractivity contribution in [2.24, 2.45) is 0 Å². The normalized spacial score (nSPS) is 14.2. The van der Waals surface area contributed by atoms with Crippen LogP contribution in [-0.4, -0.2) is 57.3 Å². The smallest absolute Gasteiger partial charge is 0.410 e. The predicted octanol–water partition coefficient (Wildman–Crippen LogP) is 6.94. The van der Waals surface area contributed by atoms with Gasteiger partial charge in [0.25, 0.3) is 11.2 Å². The highest BCUT2D eigenvalue weighted by Gasteiger charge is 2.31. The molecule has 11 heteroatoms. The number of carbonyl (C=O) groups is 1. The molecule has 0 unspecified atom stereocenters. The predicted molar refractivity (Wildman–Crippen MR) is 160 cm³/mol. The lowest BCUT2D eigenvalue weighted by atomic mass is 9.96. The van der Waals surface area contributed by atoms with Crippen LogP contribution >= 0.6 is 23.2 Å². The molecule has 3 aromatic heterocycles. The number of hydrogen-bond donors (Lipinski definition) is 0. The third-order valence-electron chi connectivity index (χ3n) is 6.75. The second-order valence-corrected chi connectivity index (χ2v) is 12.2. The van der Waals surface area contributed by atoms with Crippen molar-refractivity contribution in [2.45, 2.75) is 65.9 Å². The van der Waals surface area contributed by atoms with E-state index >= 15 is 0 Å². The number of piperazine rings is 1. The molecule has 0 aromatic carbocycles. The minimum Gasteiger partial charge on any atom is -0.444 e. The van der Waals surface area contributed by atoms with Gasteiger partial charge in [0.05, 0.1) is 28.7 Å². The van der Waals surface area contributed by atoms with Crippen LogP contribution in [0.5, 0.6) is 0 Å². The Morgan fingerprint density at radius 3 is 2.27 bits per heavy atom. The molecule has 212 valence electrons. The standard InChI is InChI=1S/C29H34Cl2N6O3/c1-16(2)18-9-10-33-21(17(3)4)24(18)37-26-19(15-20(30)25(31)34-26)23(22(32-8)27(37)38)35-11-13-36(14-12-35)28(39)40-29(5,6)7/h9-10,15-17H,11-14H2,1-7H3. The average molecular weight is 586 g/mol. The molecule has 0 bridgehead atoms. The van der Waals surface area contributed by atoms with Crippen molar-refractivity contribution in [1.82, 2.24) is 19.4 Å². The summed E-state index contributed by atoms with van der Waals surface area (Å²) in [6, 6.07) is 3.55. The fourth-order valence-corrected chi connectivity index (χ4v) is 5.20. The summed E-state index contributed by atoms with van der Waals surface area (Å²) in [5.41, 5.74) is 1.81. The quantitative estimate of drug-likeness (QED) is 0.244. The molecule has 40 heavy (non-hydrogen) atoms. The molecule has 1 fully saturated rings. The van der Waals surface area contributed by atoms with Crippen LogP contribution in [0.1, 0.15) is 71.6 Å². The van der Waals surface area contributed by atoms with Gasteiger partial charge in [0.15, 0.2) is 0 Å². The van der Waals surface area contributed by atoms with Gasteiger partial charge in [0.2, 0.25) is 0 Å². The SMILES string of the molecule is [C-]#[N+]c1c(N2CCN(C(=O)OC(C)(C)C)CC2)c2cc(Cl)c(Cl)nc2n(-c2c(C(C)C)ccnc2C(C)C)c1=O.